The second-order valence-electron chi connectivity index (χ2n) is 21.1. The maximum absolute atomic E-state index is 13.0. The maximum atomic E-state index is 13.0. The predicted octanol–water partition coefficient (Wildman–Crippen LogP) is 17.8. The maximum Gasteiger partial charge on any atom is 0.472 e. The number of hydrogen-bond donors (Lipinski definition) is 4. The molecule has 0 rings (SSSR count). The second kappa shape index (κ2) is 55.6. The van der Waals surface area contributed by atoms with Gasteiger partial charge in [-0.2, -0.15) is 0 Å². The molecule has 0 aliphatic rings. The van der Waals surface area contributed by atoms with Crippen LogP contribution in [0.15, 0.2) is 146 Å². The molecular weight excluding hydrogens is 976 g/mol. The molecule has 0 heterocycles. The van der Waals surface area contributed by atoms with Gasteiger partial charge in [-0.1, -0.05) is 250 Å². The van der Waals surface area contributed by atoms with Gasteiger partial charge in [-0.05, 0) is 103 Å². The molecule has 0 aromatic heterocycles. The Bertz CT molecular complexity index is 1780. The van der Waals surface area contributed by atoms with Crippen molar-refractivity contribution in [1.29, 1.82) is 0 Å². The van der Waals surface area contributed by atoms with Crippen LogP contribution in [0.4, 0.5) is 0 Å². The number of aliphatic hydroxyl groups is 2. The first-order valence-electron chi connectivity index (χ1n) is 30.3. The van der Waals surface area contributed by atoms with Gasteiger partial charge in [-0.15, -0.1) is 0 Å². The number of quaternary nitrogens is 1. The number of hydrogen-bond acceptors (Lipinski definition) is 6. The number of rotatable bonds is 53. The Hall–Kier alpha value is -3.66. The Labute approximate surface area is 472 Å². The van der Waals surface area contributed by atoms with Crippen molar-refractivity contribution in [3.05, 3.63) is 146 Å². The van der Waals surface area contributed by atoms with Crippen molar-refractivity contribution in [3.63, 3.8) is 0 Å². The van der Waals surface area contributed by atoms with Crippen molar-refractivity contribution in [2.75, 3.05) is 40.9 Å². The van der Waals surface area contributed by atoms with Crippen LogP contribution in [-0.4, -0.2) is 84.6 Å². The molecule has 0 aromatic carbocycles. The van der Waals surface area contributed by atoms with Gasteiger partial charge in [0.25, 0.3) is 0 Å². The van der Waals surface area contributed by atoms with Gasteiger partial charge in [0.15, 0.2) is 0 Å². The Morgan fingerprint density at radius 2 is 0.805 bits per heavy atom. The lowest BCUT2D eigenvalue weighted by molar-refractivity contribution is -0.870. The number of nitrogens with one attached hydrogen (secondary N) is 1. The molecule has 0 bridgehead atoms. The molecule has 4 atom stereocenters. The normalized spacial score (nSPS) is 15.3. The number of nitrogens with zero attached hydrogens (tertiary/aromatic N) is 1. The third-order valence-corrected chi connectivity index (χ3v) is 13.7. The van der Waals surface area contributed by atoms with Gasteiger partial charge in [-0.3, -0.25) is 13.8 Å². The van der Waals surface area contributed by atoms with E-state index in [0.29, 0.717) is 23.9 Å². The number of allylic oxidation sites excluding steroid dienone is 24. The third-order valence-electron chi connectivity index (χ3n) is 12.7. The molecule has 0 spiro atoms. The molecule has 0 saturated heterocycles. The van der Waals surface area contributed by atoms with Gasteiger partial charge in [-0.25, -0.2) is 4.57 Å². The van der Waals surface area contributed by atoms with Crippen LogP contribution in [-0.2, 0) is 18.4 Å². The molecule has 0 aliphatic carbocycles. The molecule has 77 heavy (non-hydrogen) atoms. The highest BCUT2D eigenvalue weighted by molar-refractivity contribution is 7.47. The summed E-state index contributed by atoms with van der Waals surface area (Å²) < 4.78 is 23.6. The zero-order valence-corrected chi connectivity index (χ0v) is 50.4. The van der Waals surface area contributed by atoms with E-state index < -0.39 is 32.7 Å². The molecule has 0 aromatic rings. The molecule has 4 unspecified atom stereocenters. The van der Waals surface area contributed by atoms with Crippen molar-refractivity contribution >= 4 is 13.7 Å². The summed E-state index contributed by atoms with van der Waals surface area (Å²) in [7, 11) is 1.40. The van der Waals surface area contributed by atoms with E-state index in [1.54, 1.807) is 0 Å². The molecular formula is C67H114N2O7P+. The van der Waals surface area contributed by atoms with Crippen molar-refractivity contribution in [2.24, 2.45) is 0 Å². The zero-order chi connectivity index (χ0) is 56.4. The van der Waals surface area contributed by atoms with E-state index in [9.17, 15) is 24.5 Å². The molecule has 1 amide bonds. The van der Waals surface area contributed by atoms with E-state index in [2.05, 4.69) is 165 Å². The number of phosphoric ester groups is 1. The van der Waals surface area contributed by atoms with E-state index in [-0.39, 0.29) is 18.9 Å². The number of carbonyl (C=O) groups is 1. The molecule has 0 saturated carbocycles. The highest BCUT2D eigenvalue weighted by Gasteiger charge is 2.32. The predicted molar refractivity (Wildman–Crippen MR) is 333 cm³/mol. The zero-order valence-electron chi connectivity index (χ0n) is 49.5. The number of unbranched alkanes of at least 4 members (excludes halogenated alkanes) is 15. The van der Waals surface area contributed by atoms with Crippen LogP contribution < -0.4 is 5.32 Å². The third kappa shape index (κ3) is 56.9. The van der Waals surface area contributed by atoms with Gasteiger partial charge >= 0.3 is 7.82 Å². The van der Waals surface area contributed by atoms with Gasteiger partial charge < -0.3 is 24.9 Å². The van der Waals surface area contributed by atoms with Gasteiger partial charge in [0, 0.05) is 6.42 Å². The van der Waals surface area contributed by atoms with Crippen LogP contribution in [0.25, 0.3) is 0 Å². The van der Waals surface area contributed by atoms with Crippen LogP contribution in [0, 0.1) is 0 Å². The van der Waals surface area contributed by atoms with Crippen LogP contribution >= 0.6 is 7.82 Å². The average Bonchev–Trinajstić information content (AvgIpc) is 3.39. The average molecular weight is 1090 g/mol. The molecule has 0 radical (unpaired) electrons. The minimum absolute atomic E-state index is 0.00895. The molecule has 9 nitrogen and oxygen atoms in total. The number of carbonyl (C=O) groups excluding carboxylic acids is 1. The largest absolute Gasteiger partial charge is 0.472 e. The summed E-state index contributed by atoms with van der Waals surface area (Å²) in [4.78, 5) is 23.3. The minimum atomic E-state index is -4.44. The minimum Gasteiger partial charge on any atom is -0.390 e. The highest BCUT2D eigenvalue weighted by Crippen LogP contribution is 2.43. The summed E-state index contributed by atoms with van der Waals surface area (Å²) in [5.74, 6) is -0.289. The van der Waals surface area contributed by atoms with Crippen molar-refractivity contribution in [3.8, 4) is 0 Å². The molecule has 438 valence electrons. The molecule has 4 N–H and O–H groups in total. The summed E-state index contributed by atoms with van der Waals surface area (Å²) in [6, 6.07) is -1.06. The first kappa shape index (κ1) is 73.3. The molecule has 10 heteroatoms. The summed E-state index contributed by atoms with van der Waals surface area (Å²) >= 11 is 0. The van der Waals surface area contributed by atoms with Crippen molar-refractivity contribution < 1.29 is 38.0 Å². The quantitative estimate of drug-likeness (QED) is 0.0207. The van der Waals surface area contributed by atoms with Crippen molar-refractivity contribution in [2.45, 2.75) is 231 Å². The fourth-order valence-electron chi connectivity index (χ4n) is 7.95. The van der Waals surface area contributed by atoms with Crippen LogP contribution in [0.1, 0.15) is 213 Å². The first-order valence-corrected chi connectivity index (χ1v) is 31.8. The summed E-state index contributed by atoms with van der Waals surface area (Å²) in [5.41, 5.74) is 0. The van der Waals surface area contributed by atoms with Crippen LogP contribution in [0.2, 0.25) is 0 Å². The first-order chi connectivity index (χ1) is 37.4. The van der Waals surface area contributed by atoms with E-state index in [1.807, 2.05) is 21.1 Å². The van der Waals surface area contributed by atoms with Gasteiger partial charge in [0.1, 0.15) is 19.3 Å². The van der Waals surface area contributed by atoms with Gasteiger partial charge in [0.05, 0.1) is 39.9 Å². The Morgan fingerprint density at radius 1 is 0.468 bits per heavy atom. The summed E-state index contributed by atoms with van der Waals surface area (Å²) in [6.07, 6.45) is 82.3. The second-order valence-corrected chi connectivity index (χ2v) is 22.6. The Morgan fingerprint density at radius 3 is 1.18 bits per heavy atom. The Kier molecular flexibility index (Phi) is 53.0. The number of phosphoric acid groups is 1. The van der Waals surface area contributed by atoms with Crippen molar-refractivity contribution in [1.82, 2.24) is 5.32 Å². The van der Waals surface area contributed by atoms with Crippen LogP contribution in [0.3, 0.4) is 0 Å². The SMILES string of the molecule is CC/C=C\C/C=C\C/C=C\C/C=C\C/C=C\C/C=C\C/C=C\C/C=C\C/C=C\C/C=C\C/C=C\C/C=C\CCCCCCC(=O)NC(COP(=O)(O)OCC[N+](C)(C)C)C(O)C(O)CCCCCCCCCCCCCC. The Balaban J connectivity index is 4.23. The number of amides is 1. The number of aliphatic hydroxyl groups excluding tert-OH is 2. The molecule has 0 aliphatic heterocycles. The highest BCUT2D eigenvalue weighted by atomic mass is 31.2. The fourth-order valence-corrected chi connectivity index (χ4v) is 8.68. The lowest BCUT2D eigenvalue weighted by Gasteiger charge is -2.28. The standard InChI is InChI=1S/C67H113N2O7P/c1-6-8-10-12-14-16-18-20-21-22-23-24-25-26-27-28-29-30-31-32-33-34-35-36-37-38-39-40-41-42-43-44-45-46-47-48-50-52-54-56-58-60-66(71)68-64(63-76-77(73,74)75-62-61-69(3,4)5)67(72)65(70)59-57-55-53-51-49-19-17-15-13-11-9-7-2/h8,10,14,16,20-21,23-24,26-27,29-30,32-33,35-36,38-39,41-42,44-45,47-48,64-65,67,70,72H,6-7,9,11-13,15,17-19,22,25,28,31,34,37,40,43,46,49-63H2,1-5H3,(H-,68,71,73,74)/p+1/b10-8-,16-14-,21-20-,24-23-,27-26-,30-29-,33-32-,36-35-,39-38-,42-41-,45-44-,48-47-. The van der Waals surface area contributed by atoms with E-state index in [0.717, 1.165) is 122 Å². The van der Waals surface area contributed by atoms with E-state index in [1.165, 1.54) is 57.8 Å². The smallest absolute Gasteiger partial charge is 0.390 e. The number of likely N-dealkylation sites (N-methyl/N-ethyl adjacent to an activating group) is 1. The van der Waals surface area contributed by atoms with E-state index in [4.69, 9.17) is 9.05 Å². The molecule has 0 fully saturated rings. The van der Waals surface area contributed by atoms with E-state index >= 15 is 0 Å². The topological polar surface area (TPSA) is 125 Å². The monoisotopic (exact) mass is 1090 g/mol. The van der Waals surface area contributed by atoms with Gasteiger partial charge in [0.2, 0.25) is 5.91 Å². The van der Waals surface area contributed by atoms with Crippen LogP contribution in [0.5, 0.6) is 0 Å². The fraction of sp³-hybridized carbons (Fsp3) is 0.627. The lowest BCUT2D eigenvalue weighted by Crippen LogP contribution is -2.51. The summed E-state index contributed by atoms with van der Waals surface area (Å²) in [5, 5.41) is 24.8. The summed E-state index contributed by atoms with van der Waals surface area (Å²) in [6.45, 7) is 4.45. The lowest BCUT2D eigenvalue weighted by atomic mass is 9.99.